The van der Waals surface area contributed by atoms with Gasteiger partial charge in [0.15, 0.2) is 0 Å². The highest BCUT2D eigenvalue weighted by Crippen LogP contribution is 2.03. The van der Waals surface area contributed by atoms with E-state index in [1.165, 1.54) is 6.92 Å². The van der Waals surface area contributed by atoms with Gasteiger partial charge in [0.05, 0.1) is 11.9 Å². The Morgan fingerprint density at radius 3 is 2.83 bits per heavy atom. The average molecular weight is 191 g/mol. The predicted octanol–water partition coefficient (Wildman–Crippen LogP) is -1.04. The minimum Gasteiger partial charge on any atom is -0.392 e. The minimum atomic E-state index is -3.50. The lowest BCUT2D eigenvalue weighted by Crippen LogP contribution is -2.18. The molecule has 6 nitrogen and oxygen atoms in total. The van der Waals surface area contributed by atoms with Crippen LogP contribution in [0.2, 0.25) is 0 Å². The number of hydrogen-bond acceptors (Lipinski definition) is 5. The average Bonchev–Trinajstić information content (AvgIpc) is 2.32. The molecule has 0 saturated carbocycles. The van der Waals surface area contributed by atoms with Gasteiger partial charge in [-0.25, -0.2) is 13.4 Å². The number of sulfone groups is 1. The zero-order chi connectivity index (χ0) is 9.19. The van der Waals surface area contributed by atoms with Crippen LogP contribution in [0.3, 0.4) is 0 Å². The SMILES string of the molecule is CC(O)CS(=O)(=O)c1ncn[nH]1. The third-order valence-corrected chi connectivity index (χ3v) is 2.86. The number of nitrogens with one attached hydrogen (secondary N) is 1. The van der Waals surface area contributed by atoms with Crippen LogP contribution in [-0.2, 0) is 9.84 Å². The molecule has 0 aliphatic rings. The van der Waals surface area contributed by atoms with Crippen LogP contribution >= 0.6 is 0 Å². The lowest BCUT2D eigenvalue weighted by atomic mass is 10.5. The van der Waals surface area contributed by atoms with Crippen molar-refractivity contribution in [1.82, 2.24) is 15.2 Å². The summed E-state index contributed by atoms with van der Waals surface area (Å²) in [7, 11) is -3.50. The summed E-state index contributed by atoms with van der Waals surface area (Å²) in [6, 6.07) is 0. The first kappa shape index (κ1) is 9.14. The van der Waals surface area contributed by atoms with Crippen LogP contribution in [0.1, 0.15) is 6.92 Å². The third kappa shape index (κ3) is 2.02. The zero-order valence-corrected chi connectivity index (χ0v) is 7.24. The Hall–Kier alpha value is -0.950. The van der Waals surface area contributed by atoms with E-state index in [1.54, 1.807) is 0 Å². The van der Waals surface area contributed by atoms with E-state index in [-0.39, 0.29) is 10.9 Å². The molecule has 0 aromatic carbocycles. The van der Waals surface area contributed by atoms with Crippen LogP contribution < -0.4 is 0 Å². The van der Waals surface area contributed by atoms with Gasteiger partial charge in [0, 0.05) is 0 Å². The Labute approximate surface area is 69.6 Å². The maximum absolute atomic E-state index is 11.2. The van der Waals surface area contributed by atoms with Crippen molar-refractivity contribution in [2.24, 2.45) is 0 Å². The van der Waals surface area contributed by atoms with Gasteiger partial charge >= 0.3 is 0 Å². The molecule has 0 bridgehead atoms. The Balaban J connectivity index is 2.88. The van der Waals surface area contributed by atoms with Crippen molar-refractivity contribution in [2.45, 2.75) is 18.2 Å². The van der Waals surface area contributed by atoms with Gasteiger partial charge in [-0.2, -0.15) is 5.10 Å². The maximum atomic E-state index is 11.2. The van der Waals surface area contributed by atoms with Gasteiger partial charge in [-0.05, 0) is 6.92 Å². The zero-order valence-electron chi connectivity index (χ0n) is 6.43. The quantitative estimate of drug-likeness (QED) is 0.636. The van der Waals surface area contributed by atoms with Crippen molar-refractivity contribution in [3.05, 3.63) is 6.33 Å². The number of aliphatic hydroxyl groups excluding tert-OH is 1. The van der Waals surface area contributed by atoms with Gasteiger partial charge in [0.1, 0.15) is 6.33 Å². The van der Waals surface area contributed by atoms with Gasteiger partial charge in [0.2, 0.25) is 15.0 Å². The van der Waals surface area contributed by atoms with Crippen LogP contribution in [0, 0.1) is 0 Å². The fourth-order valence-corrected chi connectivity index (χ4v) is 1.93. The number of H-pyrrole nitrogens is 1. The molecular formula is C5H9N3O3S. The summed E-state index contributed by atoms with van der Waals surface area (Å²) in [5.74, 6) is -0.345. The molecule has 0 saturated heterocycles. The van der Waals surface area contributed by atoms with Gasteiger partial charge in [-0.15, -0.1) is 0 Å². The van der Waals surface area contributed by atoms with Crippen molar-refractivity contribution < 1.29 is 13.5 Å². The van der Waals surface area contributed by atoms with E-state index in [1.807, 2.05) is 0 Å². The molecule has 7 heteroatoms. The first-order valence-corrected chi connectivity index (χ1v) is 4.94. The normalized spacial score (nSPS) is 14.5. The number of hydrogen-bond donors (Lipinski definition) is 2. The van der Waals surface area contributed by atoms with Crippen LogP contribution in [0.25, 0.3) is 0 Å². The van der Waals surface area contributed by atoms with Gasteiger partial charge in [-0.3, -0.25) is 5.10 Å². The second-order valence-corrected chi connectivity index (χ2v) is 4.37. The molecule has 0 spiro atoms. The van der Waals surface area contributed by atoms with Crippen molar-refractivity contribution in [3.63, 3.8) is 0 Å². The second kappa shape index (κ2) is 3.20. The summed E-state index contributed by atoms with van der Waals surface area (Å²) in [4.78, 5) is 3.48. The van der Waals surface area contributed by atoms with E-state index in [9.17, 15) is 8.42 Å². The molecular weight excluding hydrogens is 182 g/mol. The predicted molar refractivity (Wildman–Crippen MR) is 40.1 cm³/mol. The molecule has 1 unspecified atom stereocenters. The summed E-state index contributed by atoms with van der Waals surface area (Å²) in [6.45, 7) is 1.40. The van der Waals surface area contributed by atoms with Gasteiger partial charge in [0.25, 0.3) is 0 Å². The summed E-state index contributed by atoms with van der Waals surface area (Å²) in [6.07, 6.45) is 0.203. The molecule has 0 aliphatic heterocycles. The maximum Gasteiger partial charge on any atom is 0.243 e. The fourth-order valence-electron chi connectivity index (χ4n) is 0.741. The minimum absolute atomic E-state index is 0.205. The molecule has 1 aromatic rings. The molecule has 0 aliphatic carbocycles. The first-order chi connectivity index (χ1) is 5.52. The molecule has 0 amide bonds. The van der Waals surface area contributed by atoms with Crippen molar-refractivity contribution >= 4 is 9.84 Å². The van der Waals surface area contributed by atoms with Gasteiger partial charge in [-0.1, -0.05) is 0 Å². The topological polar surface area (TPSA) is 95.9 Å². The van der Waals surface area contributed by atoms with Crippen LogP contribution in [0.5, 0.6) is 0 Å². The first-order valence-electron chi connectivity index (χ1n) is 3.28. The Bertz CT molecular complexity index is 329. The number of aromatic nitrogens is 3. The summed E-state index contributed by atoms with van der Waals surface area (Å²) in [5.41, 5.74) is 0. The number of nitrogens with zero attached hydrogens (tertiary/aromatic N) is 2. The number of aliphatic hydroxyl groups is 1. The monoisotopic (exact) mass is 191 g/mol. The lowest BCUT2D eigenvalue weighted by Gasteiger charge is -2.01. The van der Waals surface area contributed by atoms with Crippen LogP contribution in [0.4, 0.5) is 0 Å². The Kier molecular flexibility index (Phi) is 2.43. The summed E-state index contributed by atoms with van der Waals surface area (Å²) >= 11 is 0. The molecule has 12 heavy (non-hydrogen) atoms. The smallest absolute Gasteiger partial charge is 0.243 e. The molecule has 1 aromatic heterocycles. The van der Waals surface area contributed by atoms with Crippen LogP contribution in [0.15, 0.2) is 11.5 Å². The van der Waals surface area contributed by atoms with Crippen molar-refractivity contribution in [2.75, 3.05) is 5.75 Å². The summed E-state index contributed by atoms with van der Waals surface area (Å²) < 4.78 is 22.4. The molecule has 1 heterocycles. The van der Waals surface area contributed by atoms with E-state index >= 15 is 0 Å². The third-order valence-electron chi connectivity index (χ3n) is 1.15. The largest absolute Gasteiger partial charge is 0.392 e. The lowest BCUT2D eigenvalue weighted by molar-refractivity contribution is 0.218. The highest BCUT2D eigenvalue weighted by molar-refractivity contribution is 7.91. The standard InChI is InChI=1S/C5H9N3O3S/c1-4(9)2-12(10,11)5-6-3-7-8-5/h3-4,9H,2H2,1H3,(H,6,7,8). The Morgan fingerprint density at radius 2 is 2.42 bits per heavy atom. The highest BCUT2D eigenvalue weighted by Gasteiger charge is 2.19. The second-order valence-electron chi connectivity index (χ2n) is 2.42. The fraction of sp³-hybridized carbons (Fsp3) is 0.600. The Morgan fingerprint density at radius 1 is 1.75 bits per heavy atom. The molecule has 0 radical (unpaired) electrons. The van der Waals surface area contributed by atoms with E-state index < -0.39 is 15.9 Å². The highest BCUT2D eigenvalue weighted by atomic mass is 32.2. The van der Waals surface area contributed by atoms with E-state index in [0.717, 1.165) is 6.33 Å². The number of aromatic amines is 1. The van der Waals surface area contributed by atoms with E-state index in [2.05, 4.69) is 15.2 Å². The van der Waals surface area contributed by atoms with E-state index in [0.29, 0.717) is 0 Å². The molecule has 2 N–H and O–H groups in total. The van der Waals surface area contributed by atoms with Crippen molar-refractivity contribution in [3.8, 4) is 0 Å². The van der Waals surface area contributed by atoms with E-state index in [4.69, 9.17) is 5.11 Å². The molecule has 1 rings (SSSR count). The molecule has 1 atom stereocenters. The van der Waals surface area contributed by atoms with Crippen LogP contribution in [-0.4, -0.2) is 40.6 Å². The number of rotatable bonds is 3. The molecule has 0 fully saturated rings. The summed E-state index contributed by atoms with van der Waals surface area (Å²) in [5, 5.41) is 14.3. The molecule has 68 valence electrons. The van der Waals surface area contributed by atoms with Gasteiger partial charge < -0.3 is 5.11 Å². The van der Waals surface area contributed by atoms with Crippen molar-refractivity contribution in [1.29, 1.82) is 0 Å².